The minimum atomic E-state index is -0.516. The predicted molar refractivity (Wildman–Crippen MR) is 80.9 cm³/mol. The van der Waals surface area contributed by atoms with Crippen LogP contribution in [0.1, 0.15) is 37.9 Å². The fourth-order valence-corrected chi connectivity index (χ4v) is 2.31. The maximum Gasteiger partial charge on any atom is 0.118 e. The minimum absolute atomic E-state index is 0.230. The third kappa shape index (κ3) is 5.90. The minimum Gasteiger partial charge on any atom is -0.497 e. The molecule has 0 saturated heterocycles. The Bertz CT molecular complexity index is 347. The number of aliphatic hydroxyl groups excluding tert-OH is 2. The van der Waals surface area contributed by atoms with Gasteiger partial charge in [-0.25, -0.2) is 0 Å². The summed E-state index contributed by atoms with van der Waals surface area (Å²) in [6.45, 7) is 3.74. The van der Waals surface area contributed by atoms with Crippen LogP contribution in [0.25, 0.3) is 0 Å². The van der Waals surface area contributed by atoms with Gasteiger partial charge in [0.15, 0.2) is 0 Å². The molecule has 0 amide bonds. The first-order chi connectivity index (χ1) is 9.71. The Morgan fingerprint density at radius 1 is 1.15 bits per heavy atom. The van der Waals surface area contributed by atoms with Gasteiger partial charge in [-0.2, -0.15) is 0 Å². The van der Waals surface area contributed by atoms with E-state index in [4.69, 9.17) is 9.84 Å². The molecule has 114 valence electrons. The van der Waals surface area contributed by atoms with Gasteiger partial charge in [0, 0.05) is 13.2 Å². The van der Waals surface area contributed by atoms with E-state index in [1.54, 1.807) is 7.11 Å². The van der Waals surface area contributed by atoms with E-state index in [-0.39, 0.29) is 6.61 Å². The molecule has 2 atom stereocenters. The van der Waals surface area contributed by atoms with Crippen molar-refractivity contribution in [2.24, 2.45) is 5.92 Å². The van der Waals surface area contributed by atoms with E-state index < -0.39 is 6.10 Å². The first kappa shape index (κ1) is 17.0. The molecule has 1 rings (SSSR count). The molecule has 1 aromatic rings. The largest absolute Gasteiger partial charge is 0.497 e. The highest BCUT2D eigenvalue weighted by molar-refractivity contribution is 5.28. The molecule has 0 fully saturated rings. The highest BCUT2D eigenvalue weighted by atomic mass is 16.5. The summed E-state index contributed by atoms with van der Waals surface area (Å²) < 4.78 is 5.09. The summed E-state index contributed by atoms with van der Waals surface area (Å²) in [5.74, 6) is 1.27. The predicted octanol–water partition coefficient (Wildman–Crippen LogP) is 2.12. The van der Waals surface area contributed by atoms with E-state index in [1.807, 2.05) is 24.3 Å². The highest BCUT2D eigenvalue weighted by Crippen LogP contribution is 2.17. The lowest BCUT2D eigenvalue weighted by molar-refractivity contribution is 0.170. The Kier molecular flexibility index (Phi) is 8.26. The summed E-state index contributed by atoms with van der Waals surface area (Å²) >= 11 is 0. The standard InChI is InChI=1S/C16H27NO3/c1-3-4-13(9-10-18)11-17-12-16(19)14-5-7-15(20-2)8-6-14/h5-8,13,16-19H,3-4,9-12H2,1-2H3. The average molecular weight is 281 g/mol. The second kappa shape index (κ2) is 9.75. The molecular weight excluding hydrogens is 254 g/mol. The van der Waals surface area contributed by atoms with Gasteiger partial charge < -0.3 is 20.3 Å². The summed E-state index contributed by atoms with van der Waals surface area (Å²) in [4.78, 5) is 0. The molecule has 0 spiro atoms. The average Bonchev–Trinajstić information content (AvgIpc) is 2.47. The van der Waals surface area contributed by atoms with Gasteiger partial charge in [-0.3, -0.25) is 0 Å². The van der Waals surface area contributed by atoms with Crippen LogP contribution >= 0.6 is 0 Å². The monoisotopic (exact) mass is 281 g/mol. The zero-order valence-corrected chi connectivity index (χ0v) is 12.5. The van der Waals surface area contributed by atoms with Crippen LogP contribution in [0.15, 0.2) is 24.3 Å². The lowest BCUT2D eigenvalue weighted by Crippen LogP contribution is -2.28. The Morgan fingerprint density at radius 2 is 1.85 bits per heavy atom. The molecule has 4 nitrogen and oxygen atoms in total. The van der Waals surface area contributed by atoms with E-state index in [9.17, 15) is 5.11 Å². The Hall–Kier alpha value is -1.10. The van der Waals surface area contributed by atoms with Crippen molar-refractivity contribution >= 4 is 0 Å². The lowest BCUT2D eigenvalue weighted by Gasteiger charge is -2.18. The van der Waals surface area contributed by atoms with Crippen LogP contribution in [0, 0.1) is 5.92 Å². The summed E-state index contributed by atoms with van der Waals surface area (Å²) in [6.07, 6.45) is 2.52. The number of hydrogen-bond acceptors (Lipinski definition) is 4. The molecule has 0 aliphatic carbocycles. The molecule has 1 aromatic carbocycles. The van der Waals surface area contributed by atoms with Crippen molar-refractivity contribution in [2.75, 3.05) is 26.8 Å². The molecule has 2 unspecified atom stereocenters. The Morgan fingerprint density at radius 3 is 2.40 bits per heavy atom. The number of rotatable bonds is 10. The summed E-state index contributed by atoms with van der Waals surface area (Å²) in [5, 5.41) is 22.4. The van der Waals surface area contributed by atoms with Gasteiger partial charge in [0.25, 0.3) is 0 Å². The van der Waals surface area contributed by atoms with Crippen molar-refractivity contribution in [1.29, 1.82) is 0 Å². The molecule has 0 aromatic heterocycles. The van der Waals surface area contributed by atoms with Gasteiger partial charge >= 0.3 is 0 Å². The quantitative estimate of drug-likeness (QED) is 0.615. The summed E-state index contributed by atoms with van der Waals surface area (Å²) in [7, 11) is 1.63. The topological polar surface area (TPSA) is 61.7 Å². The normalized spacial score (nSPS) is 14.0. The van der Waals surface area contributed by atoms with Crippen LogP contribution < -0.4 is 10.1 Å². The highest BCUT2D eigenvalue weighted by Gasteiger charge is 2.10. The van der Waals surface area contributed by atoms with Crippen molar-refractivity contribution in [3.05, 3.63) is 29.8 Å². The number of methoxy groups -OCH3 is 1. The molecular formula is C16H27NO3. The first-order valence-electron chi connectivity index (χ1n) is 7.34. The van der Waals surface area contributed by atoms with Crippen LogP contribution in [0.3, 0.4) is 0 Å². The number of ether oxygens (including phenoxy) is 1. The van der Waals surface area contributed by atoms with Gasteiger partial charge in [0.2, 0.25) is 0 Å². The van der Waals surface area contributed by atoms with Crippen molar-refractivity contribution in [1.82, 2.24) is 5.32 Å². The fraction of sp³-hybridized carbons (Fsp3) is 0.625. The number of hydrogen-bond donors (Lipinski definition) is 3. The van der Waals surface area contributed by atoms with Gasteiger partial charge in [0.05, 0.1) is 13.2 Å². The zero-order chi connectivity index (χ0) is 14.8. The zero-order valence-electron chi connectivity index (χ0n) is 12.5. The molecule has 0 heterocycles. The van der Waals surface area contributed by atoms with E-state index in [0.29, 0.717) is 12.5 Å². The number of benzene rings is 1. The lowest BCUT2D eigenvalue weighted by atomic mass is 10.00. The fourth-order valence-electron chi connectivity index (χ4n) is 2.31. The van der Waals surface area contributed by atoms with Gasteiger partial charge in [-0.15, -0.1) is 0 Å². The molecule has 3 N–H and O–H groups in total. The van der Waals surface area contributed by atoms with E-state index in [1.165, 1.54) is 0 Å². The van der Waals surface area contributed by atoms with Crippen LogP contribution in [0.2, 0.25) is 0 Å². The molecule has 0 saturated carbocycles. The molecule has 0 aliphatic rings. The van der Waals surface area contributed by atoms with Crippen molar-refractivity contribution in [2.45, 2.75) is 32.3 Å². The Balaban J connectivity index is 2.35. The van der Waals surface area contributed by atoms with Crippen LogP contribution in [-0.4, -0.2) is 37.0 Å². The number of aliphatic hydroxyl groups is 2. The smallest absolute Gasteiger partial charge is 0.118 e. The van der Waals surface area contributed by atoms with Crippen LogP contribution in [0.5, 0.6) is 5.75 Å². The van der Waals surface area contributed by atoms with Gasteiger partial charge in [-0.1, -0.05) is 25.5 Å². The maximum atomic E-state index is 10.1. The Labute approximate surface area is 121 Å². The second-order valence-corrected chi connectivity index (χ2v) is 5.11. The number of nitrogens with one attached hydrogen (secondary N) is 1. The van der Waals surface area contributed by atoms with Crippen molar-refractivity contribution in [3.8, 4) is 5.75 Å². The maximum absolute atomic E-state index is 10.1. The molecule has 20 heavy (non-hydrogen) atoms. The van der Waals surface area contributed by atoms with E-state index in [0.717, 1.165) is 37.1 Å². The molecule has 0 radical (unpaired) electrons. The van der Waals surface area contributed by atoms with Crippen molar-refractivity contribution in [3.63, 3.8) is 0 Å². The summed E-state index contributed by atoms with van der Waals surface area (Å²) in [6, 6.07) is 7.46. The van der Waals surface area contributed by atoms with E-state index >= 15 is 0 Å². The molecule has 0 aliphatic heterocycles. The van der Waals surface area contributed by atoms with Crippen LogP contribution in [0.4, 0.5) is 0 Å². The first-order valence-corrected chi connectivity index (χ1v) is 7.34. The van der Waals surface area contributed by atoms with Crippen LogP contribution in [-0.2, 0) is 0 Å². The SMILES string of the molecule is CCCC(CCO)CNCC(O)c1ccc(OC)cc1. The summed E-state index contributed by atoms with van der Waals surface area (Å²) in [5.41, 5.74) is 0.882. The van der Waals surface area contributed by atoms with Gasteiger partial charge in [-0.05, 0) is 43.0 Å². The van der Waals surface area contributed by atoms with Gasteiger partial charge in [0.1, 0.15) is 5.75 Å². The molecule has 0 bridgehead atoms. The van der Waals surface area contributed by atoms with Crippen molar-refractivity contribution < 1.29 is 14.9 Å². The van der Waals surface area contributed by atoms with E-state index in [2.05, 4.69) is 12.2 Å². The molecule has 4 heteroatoms. The third-order valence-electron chi connectivity index (χ3n) is 3.51. The second-order valence-electron chi connectivity index (χ2n) is 5.11. The third-order valence-corrected chi connectivity index (χ3v) is 3.51.